The van der Waals surface area contributed by atoms with Gasteiger partial charge in [-0.15, -0.1) is 0 Å². The van der Waals surface area contributed by atoms with Gasteiger partial charge in [-0.25, -0.2) is 4.98 Å². The molecule has 3 nitrogen and oxygen atoms in total. The number of aliphatic hydroxyl groups excluding tert-OH is 1. The van der Waals surface area contributed by atoms with Gasteiger partial charge in [-0.3, -0.25) is 0 Å². The third-order valence-corrected chi connectivity index (χ3v) is 3.33. The Morgan fingerprint density at radius 3 is 2.50 bits per heavy atom. The Hall–Kier alpha value is -2.39. The molecule has 1 N–H and O–H groups in total. The summed E-state index contributed by atoms with van der Waals surface area (Å²) in [4.78, 5) is 4.54. The third-order valence-electron chi connectivity index (χ3n) is 3.33. The molecular weight excluding hydrogens is 250 g/mol. The predicted octanol–water partition coefficient (Wildman–Crippen LogP) is 3.40. The van der Waals surface area contributed by atoms with E-state index < -0.39 is 0 Å². The fraction of sp³-hybridized carbons (Fsp3) is 0.118. The number of aliphatic hydroxyl groups is 1. The second kappa shape index (κ2) is 5.31. The number of benzene rings is 2. The topological polar surface area (TPSA) is 42.4 Å². The van der Waals surface area contributed by atoms with Gasteiger partial charge >= 0.3 is 0 Å². The number of methoxy groups -OCH3 is 1. The van der Waals surface area contributed by atoms with Crippen LogP contribution in [0.5, 0.6) is 5.88 Å². The van der Waals surface area contributed by atoms with Crippen LogP contribution in [0.4, 0.5) is 0 Å². The van der Waals surface area contributed by atoms with Crippen LogP contribution in [0.15, 0.2) is 54.6 Å². The molecule has 0 atom stereocenters. The van der Waals surface area contributed by atoms with E-state index >= 15 is 0 Å². The van der Waals surface area contributed by atoms with Gasteiger partial charge < -0.3 is 9.84 Å². The minimum Gasteiger partial charge on any atom is -0.481 e. The molecule has 0 fully saturated rings. The average molecular weight is 265 g/mol. The quantitative estimate of drug-likeness (QED) is 0.789. The smallest absolute Gasteiger partial charge is 0.221 e. The van der Waals surface area contributed by atoms with Crippen LogP contribution in [0.2, 0.25) is 0 Å². The van der Waals surface area contributed by atoms with Crippen LogP contribution in [0, 0.1) is 0 Å². The van der Waals surface area contributed by atoms with Crippen molar-refractivity contribution in [3.63, 3.8) is 0 Å². The third kappa shape index (κ3) is 2.24. The molecule has 3 heteroatoms. The van der Waals surface area contributed by atoms with Crippen molar-refractivity contribution in [2.75, 3.05) is 7.11 Å². The first kappa shape index (κ1) is 12.6. The number of pyridine rings is 1. The van der Waals surface area contributed by atoms with Gasteiger partial charge in [0.05, 0.1) is 19.2 Å². The van der Waals surface area contributed by atoms with Gasteiger partial charge in [0.1, 0.15) is 0 Å². The number of hydrogen-bond acceptors (Lipinski definition) is 3. The van der Waals surface area contributed by atoms with Crippen LogP contribution in [0.25, 0.3) is 22.0 Å². The highest BCUT2D eigenvalue weighted by atomic mass is 16.5. The van der Waals surface area contributed by atoms with E-state index in [1.165, 1.54) is 0 Å². The van der Waals surface area contributed by atoms with Crippen molar-refractivity contribution >= 4 is 10.9 Å². The zero-order chi connectivity index (χ0) is 13.9. The maximum absolute atomic E-state index is 9.10. The Morgan fingerprint density at radius 1 is 1.05 bits per heavy atom. The van der Waals surface area contributed by atoms with Crippen molar-refractivity contribution in [1.29, 1.82) is 0 Å². The average Bonchev–Trinajstić information content (AvgIpc) is 2.53. The van der Waals surface area contributed by atoms with E-state index in [9.17, 15) is 0 Å². The summed E-state index contributed by atoms with van der Waals surface area (Å²) in [5.74, 6) is 0.612. The molecule has 0 aliphatic rings. The first-order valence-corrected chi connectivity index (χ1v) is 6.46. The normalized spacial score (nSPS) is 10.7. The predicted molar refractivity (Wildman–Crippen MR) is 79.7 cm³/mol. The molecule has 0 saturated heterocycles. The number of aromatic nitrogens is 1. The van der Waals surface area contributed by atoms with Gasteiger partial charge in [-0.1, -0.05) is 42.5 Å². The first-order valence-electron chi connectivity index (χ1n) is 6.46. The lowest BCUT2D eigenvalue weighted by atomic mass is 10.0. The SMILES string of the molecule is COc1nc2ccccc2cc1-c1ccc(CO)cc1. The standard InChI is InChI=1S/C17H15NO2/c1-20-17-15(13-8-6-12(11-19)7-9-13)10-14-4-2-3-5-16(14)18-17/h2-10,19H,11H2,1H3. The van der Waals surface area contributed by atoms with Crippen molar-refractivity contribution in [1.82, 2.24) is 4.98 Å². The van der Waals surface area contributed by atoms with E-state index in [1.807, 2.05) is 48.5 Å². The highest BCUT2D eigenvalue weighted by Crippen LogP contribution is 2.31. The second-order valence-electron chi connectivity index (χ2n) is 4.59. The number of hydrogen-bond donors (Lipinski definition) is 1. The van der Waals surface area contributed by atoms with Crippen molar-refractivity contribution in [3.8, 4) is 17.0 Å². The molecule has 0 unspecified atom stereocenters. The van der Waals surface area contributed by atoms with E-state index in [4.69, 9.17) is 9.84 Å². The zero-order valence-electron chi connectivity index (χ0n) is 11.2. The van der Waals surface area contributed by atoms with Crippen LogP contribution in [-0.2, 0) is 6.61 Å². The van der Waals surface area contributed by atoms with Gasteiger partial charge in [0.2, 0.25) is 5.88 Å². The molecule has 20 heavy (non-hydrogen) atoms. The lowest BCUT2D eigenvalue weighted by Crippen LogP contribution is -1.93. The molecule has 0 amide bonds. The number of fused-ring (bicyclic) bond motifs is 1. The number of rotatable bonds is 3. The van der Waals surface area contributed by atoms with Crippen LogP contribution in [0.3, 0.4) is 0 Å². The molecule has 3 aromatic rings. The molecular formula is C17H15NO2. The fourth-order valence-corrected chi connectivity index (χ4v) is 2.25. The number of ether oxygens (including phenoxy) is 1. The van der Waals surface area contributed by atoms with Crippen molar-refractivity contribution in [2.45, 2.75) is 6.61 Å². The number of nitrogens with zero attached hydrogens (tertiary/aromatic N) is 1. The lowest BCUT2D eigenvalue weighted by molar-refractivity contribution is 0.282. The van der Waals surface area contributed by atoms with Crippen molar-refractivity contribution < 1.29 is 9.84 Å². The Balaban J connectivity index is 2.17. The van der Waals surface area contributed by atoms with Crippen LogP contribution >= 0.6 is 0 Å². The Morgan fingerprint density at radius 2 is 1.80 bits per heavy atom. The van der Waals surface area contributed by atoms with Gasteiger partial charge in [0, 0.05) is 10.9 Å². The Bertz CT molecular complexity index is 736. The molecule has 100 valence electrons. The summed E-state index contributed by atoms with van der Waals surface area (Å²) in [6.07, 6.45) is 0. The van der Waals surface area contributed by atoms with Gasteiger partial charge in [0.25, 0.3) is 0 Å². The molecule has 1 aromatic heterocycles. The van der Waals surface area contributed by atoms with Crippen LogP contribution in [0.1, 0.15) is 5.56 Å². The summed E-state index contributed by atoms with van der Waals surface area (Å²) < 4.78 is 5.40. The largest absolute Gasteiger partial charge is 0.481 e. The fourth-order valence-electron chi connectivity index (χ4n) is 2.25. The highest BCUT2D eigenvalue weighted by Gasteiger charge is 2.09. The van der Waals surface area contributed by atoms with E-state index in [1.54, 1.807) is 7.11 Å². The summed E-state index contributed by atoms with van der Waals surface area (Å²) in [5.41, 5.74) is 3.79. The maximum Gasteiger partial charge on any atom is 0.221 e. The molecule has 2 aromatic carbocycles. The molecule has 0 bridgehead atoms. The minimum atomic E-state index is 0.0490. The van der Waals surface area contributed by atoms with Crippen LogP contribution < -0.4 is 4.74 Å². The molecule has 0 aliphatic carbocycles. The van der Waals surface area contributed by atoms with Gasteiger partial charge in [0.15, 0.2) is 0 Å². The van der Waals surface area contributed by atoms with E-state index in [2.05, 4.69) is 11.1 Å². The molecule has 0 saturated carbocycles. The molecule has 0 aliphatic heterocycles. The Labute approximate surface area is 117 Å². The second-order valence-corrected chi connectivity index (χ2v) is 4.59. The van der Waals surface area contributed by atoms with Crippen molar-refractivity contribution in [3.05, 3.63) is 60.2 Å². The molecule has 0 spiro atoms. The molecule has 1 heterocycles. The van der Waals surface area contributed by atoms with Crippen molar-refractivity contribution in [2.24, 2.45) is 0 Å². The maximum atomic E-state index is 9.10. The number of para-hydroxylation sites is 1. The Kier molecular flexibility index (Phi) is 3.35. The molecule has 3 rings (SSSR count). The minimum absolute atomic E-state index is 0.0490. The van der Waals surface area contributed by atoms with E-state index in [0.717, 1.165) is 27.6 Å². The summed E-state index contributed by atoms with van der Waals surface area (Å²) in [7, 11) is 1.63. The summed E-state index contributed by atoms with van der Waals surface area (Å²) >= 11 is 0. The molecule has 0 radical (unpaired) electrons. The van der Waals surface area contributed by atoms with Gasteiger partial charge in [-0.05, 0) is 23.3 Å². The summed E-state index contributed by atoms with van der Waals surface area (Å²) in [6.45, 7) is 0.0490. The highest BCUT2D eigenvalue weighted by molar-refractivity contribution is 5.86. The van der Waals surface area contributed by atoms with Crippen LogP contribution in [-0.4, -0.2) is 17.2 Å². The van der Waals surface area contributed by atoms with E-state index in [-0.39, 0.29) is 6.61 Å². The lowest BCUT2D eigenvalue weighted by Gasteiger charge is -2.10. The van der Waals surface area contributed by atoms with E-state index in [0.29, 0.717) is 5.88 Å². The zero-order valence-corrected chi connectivity index (χ0v) is 11.2. The monoisotopic (exact) mass is 265 g/mol. The summed E-state index contributed by atoms with van der Waals surface area (Å²) in [5, 5.41) is 10.2. The van der Waals surface area contributed by atoms with Gasteiger partial charge in [-0.2, -0.15) is 0 Å². The first-order chi connectivity index (χ1) is 9.81. The summed E-state index contributed by atoms with van der Waals surface area (Å²) in [6, 6.07) is 17.8.